The average molecular weight is 191 g/mol. The Labute approximate surface area is 84.3 Å². The topological polar surface area (TPSA) is 36.0 Å². The zero-order chi connectivity index (χ0) is 9.54. The summed E-state index contributed by atoms with van der Waals surface area (Å²) in [6.45, 7) is 0. The molecule has 0 saturated heterocycles. The Morgan fingerprint density at radius 2 is 2.29 bits per heavy atom. The maximum atomic E-state index is 10.2. The van der Waals surface area contributed by atoms with Crippen LogP contribution in [0.5, 0.6) is 0 Å². The lowest BCUT2D eigenvalue weighted by atomic mass is 9.83. The molecule has 2 nitrogen and oxygen atoms in total. The van der Waals surface area contributed by atoms with Crippen LogP contribution >= 0.6 is 0 Å². The van der Waals surface area contributed by atoms with Gasteiger partial charge < -0.3 is 10.1 Å². The summed E-state index contributed by atoms with van der Waals surface area (Å²) in [5.74, 6) is 2.24. The Morgan fingerprint density at radius 3 is 2.86 bits per heavy atom. The number of aliphatic hydroxyl groups excluding tert-OH is 1. The summed E-state index contributed by atoms with van der Waals surface area (Å²) in [5.41, 5.74) is 1.07. The van der Waals surface area contributed by atoms with Gasteiger partial charge in [-0.15, -0.1) is 0 Å². The van der Waals surface area contributed by atoms with Crippen molar-refractivity contribution in [3.63, 3.8) is 0 Å². The van der Waals surface area contributed by atoms with Crippen molar-refractivity contribution < 1.29 is 5.11 Å². The van der Waals surface area contributed by atoms with Gasteiger partial charge in [-0.05, 0) is 48.6 Å². The van der Waals surface area contributed by atoms with Crippen molar-refractivity contribution >= 4 is 0 Å². The van der Waals surface area contributed by atoms with Crippen LogP contribution in [0.3, 0.4) is 0 Å². The zero-order valence-corrected chi connectivity index (χ0v) is 8.32. The Balaban J connectivity index is 1.77. The minimum absolute atomic E-state index is 0.225. The maximum Gasteiger partial charge on any atom is 0.0835 e. The van der Waals surface area contributed by atoms with Crippen LogP contribution in [0.2, 0.25) is 0 Å². The molecule has 2 fully saturated rings. The molecule has 2 saturated carbocycles. The third-order valence-corrected chi connectivity index (χ3v) is 4.16. The van der Waals surface area contributed by atoms with Crippen molar-refractivity contribution in [3.05, 3.63) is 24.0 Å². The van der Waals surface area contributed by atoms with Crippen LogP contribution in [0.25, 0.3) is 0 Å². The van der Waals surface area contributed by atoms with E-state index in [1.54, 1.807) is 0 Å². The van der Waals surface area contributed by atoms with Crippen LogP contribution in [0.1, 0.15) is 37.4 Å². The Bertz CT molecular complexity index is 306. The summed E-state index contributed by atoms with van der Waals surface area (Å²) in [6, 6.07) is 2.00. The largest absolute Gasteiger partial charge is 0.388 e. The van der Waals surface area contributed by atoms with Crippen LogP contribution in [-0.4, -0.2) is 10.1 Å². The first-order chi connectivity index (χ1) is 6.84. The van der Waals surface area contributed by atoms with Gasteiger partial charge in [0.25, 0.3) is 0 Å². The number of H-pyrrole nitrogens is 1. The molecule has 2 heteroatoms. The minimum atomic E-state index is -0.225. The molecule has 4 unspecified atom stereocenters. The molecule has 0 radical (unpaired) electrons. The Morgan fingerprint density at radius 1 is 1.36 bits per heavy atom. The lowest BCUT2D eigenvalue weighted by molar-refractivity contribution is 0.0746. The summed E-state index contributed by atoms with van der Waals surface area (Å²) in [4.78, 5) is 3.02. The van der Waals surface area contributed by atoms with Gasteiger partial charge in [0.1, 0.15) is 0 Å². The predicted molar refractivity (Wildman–Crippen MR) is 54.7 cm³/mol. The van der Waals surface area contributed by atoms with E-state index in [0.717, 1.165) is 17.4 Å². The molecule has 1 heterocycles. The van der Waals surface area contributed by atoms with Gasteiger partial charge in [-0.3, -0.25) is 0 Å². The number of rotatable bonds is 2. The van der Waals surface area contributed by atoms with Crippen LogP contribution in [0.4, 0.5) is 0 Å². The molecule has 0 aromatic carbocycles. The number of aromatic nitrogens is 1. The van der Waals surface area contributed by atoms with Crippen LogP contribution in [0, 0.1) is 17.8 Å². The quantitative estimate of drug-likeness (QED) is 0.740. The highest BCUT2D eigenvalue weighted by Gasteiger charge is 2.42. The molecule has 4 atom stereocenters. The van der Waals surface area contributed by atoms with Crippen LogP contribution in [0.15, 0.2) is 18.5 Å². The number of aliphatic hydroxyl groups is 1. The molecule has 2 aliphatic carbocycles. The van der Waals surface area contributed by atoms with Gasteiger partial charge in [0.2, 0.25) is 0 Å². The molecule has 2 bridgehead atoms. The molecule has 1 aromatic heterocycles. The molecule has 0 amide bonds. The number of nitrogens with one attached hydrogen (secondary N) is 1. The predicted octanol–water partition coefficient (Wildman–Crippen LogP) is 2.48. The second-order valence-corrected chi connectivity index (χ2v) is 4.93. The van der Waals surface area contributed by atoms with Crippen molar-refractivity contribution in [3.8, 4) is 0 Å². The standard InChI is InChI=1S/C12H17NO/c14-12(10-3-4-13-7-10)11-6-8-1-2-9(11)5-8/h3-4,7-9,11-14H,1-2,5-6H2. The molecule has 14 heavy (non-hydrogen) atoms. The molecule has 1 aromatic rings. The highest BCUT2D eigenvalue weighted by Crippen LogP contribution is 2.52. The average Bonchev–Trinajstić information content (AvgIpc) is 2.93. The highest BCUT2D eigenvalue weighted by molar-refractivity contribution is 5.14. The summed E-state index contributed by atoms with van der Waals surface area (Å²) < 4.78 is 0. The van der Waals surface area contributed by atoms with Gasteiger partial charge in [0, 0.05) is 12.4 Å². The first-order valence-electron chi connectivity index (χ1n) is 5.65. The summed E-state index contributed by atoms with van der Waals surface area (Å²) in [7, 11) is 0. The molecular formula is C12H17NO. The fourth-order valence-corrected chi connectivity index (χ4v) is 3.45. The van der Waals surface area contributed by atoms with Gasteiger partial charge in [-0.2, -0.15) is 0 Å². The molecule has 76 valence electrons. The van der Waals surface area contributed by atoms with E-state index in [-0.39, 0.29) is 6.10 Å². The van der Waals surface area contributed by atoms with E-state index in [1.807, 2.05) is 18.5 Å². The van der Waals surface area contributed by atoms with E-state index in [0.29, 0.717) is 5.92 Å². The monoisotopic (exact) mass is 191 g/mol. The number of hydrogen-bond acceptors (Lipinski definition) is 1. The second-order valence-electron chi connectivity index (χ2n) is 4.93. The number of hydrogen-bond donors (Lipinski definition) is 2. The maximum absolute atomic E-state index is 10.2. The van der Waals surface area contributed by atoms with Crippen molar-refractivity contribution in [1.29, 1.82) is 0 Å². The van der Waals surface area contributed by atoms with Crippen LogP contribution in [-0.2, 0) is 0 Å². The van der Waals surface area contributed by atoms with Gasteiger partial charge >= 0.3 is 0 Å². The highest BCUT2D eigenvalue weighted by atomic mass is 16.3. The van der Waals surface area contributed by atoms with E-state index in [4.69, 9.17) is 0 Å². The molecule has 0 spiro atoms. The third kappa shape index (κ3) is 1.21. The number of fused-ring (bicyclic) bond motifs is 2. The number of aromatic amines is 1. The molecule has 2 N–H and O–H groups in total. The summed E-state index contributed by atoms with van der Waals surface area (Å²) >= 11 is 0. The molecule has 3 rings (SSSR count). The van der Waals surface area contributed by atoms with Crippen molar-refractivity contribution in [1.82, 2.24) is 4.98 Å². The van der Waals surface area contributed by atoms with Gasteiger partial charge in [0.05, 0.1) is 6.10 Å². The van der Waals surface area contributed by atoms with E-state index in [2.05, 4.69) is 4.98 Å². The van der Waals surface area contributed by atoms with Gasteiger partial charge in [0.15, 0.2) is 0 Å². The van der Waals surface area contributed by atoms with Gasteiger partial charge in [-0.1, -0.05) is 6.42 Å². The first kappa shape index (κ1) is 8.54. The Hall–Kier alpha value is -0.760. The Kier molecular flexibility index (Phi) is 1.91. The molecule has 0 aliphatic heterocycles. The van der Waals surface area contributed by atoms with Gasteiger partial charge in [-0.25, -0.2) is 0 Å². The van der Waals surface area contributed by atoms with E-state index in [1.165, 1.54) is 25.7 Å². The van der Waals surface area contributed by atoms with E-state index < -0.39 is 0 Å². The zero-order valence-electron chi connectivity index (χ0n) is 8.32. The van der Waals surface area contributed by atoms with Crippen LogP contribution < -0.4 is 0 Å². The smallest absolute Gasteiger partial charge is 0.0835 e. The minimum Gasteiger partial charge on any atom is -0.388 e. The molecule has 2 aliphatic rings. The lowest BCUT2D eigenvalue weighted by Gasteiger charge is -2.26. The van der Waals surface area contributed by atoms with E-state index >= 15 is 0 Å². The fraction of sp³-hybridized carbons (Fsp3) is 0.667. The fourth-order valence-electron chi connectivity index (χ4n) is 3.45. The first-order valence-corrected chi connectivity index (χ1v) is 5.65. The van der Waals surface area contributed by atoms with Crippen molar-refractivity contribution in [2.75, 3.05) is 0 Å². The summed E-state index contributed by atoms with van der Waals surface area (Å²) in [5, 5.41) is 10.2. The van der Waals surface area contributed by atoms with Crippen molar-refractivity contribution in [2.45, 2.75) is 31.8 Å². The van der Waals surface area contributed by atoms with Crippen molar-refractivity contribution in [2.24, 2.45) is 17.8 Å². The second kappa shape index (κ2) is 3.13. The SMILES string of the molecule is OC(c1cc[nH]c1)C1CC2CCC1C2. The normalized spacial score (nSPS) is 37.6. The third-order valence-electron chi connectivity index (χ3n) is 4.16. The van der Waals surface area contributed by atoms with E-state index in [9.17, 15) is 5.11 Å². The molecular weight excluding hydrogens is 174 g/mol. The lowest BCUT2D eigenvalue weighted by Crippen LogP contribution is -2.18. The summed E-state index contributed by atoms with van der Waals surface area (Å²) in [6.07, 6.45) is 8.96.